The Hall–Kier alpha value is -0.880. The Morgan fingerprint density at radius 2 is 2.31 bits per heavy atom. The first kappa shape index (κ1) is 11.6. The fourth-order valence-corrected chi connectivity index (χ4v) is 2.74. The Morgan fingerprint density at radius 3 is 2.94 bits per heavy atom. The molecule has 1 aliphatic heterocycles. The molecular formula is C12H12INO2. The molecule has 1 aromatic carbocycles. The summed E-state index contributed by atoms with van der Waals surface area (Å²) in [7, 11) is 0. The van der Waals surface area contributed by atoms with Gasteiger partial charge < -0.3 is 10.4 Å². The average Bonchev–Trinajstić information content (AvgIpc) is 2.59. The number of hydrogen-bond donors (Lipinski definition) is 2. The molecule has 0 aromatic heterocycles. The average molecular weight is 329 g/mol. The summed E-state index contributed by atoms with van der Waals surface area (Å²) in [6.07, 6.45) is -0.658. The lowest BCUT2D eigenvalue weighted by Crippen LogP contribution is -2.13. The molecule has 0 spiro atoms. The summed E-state index contributed by atoms with van der Waals surface area (Å²) in [5, 5.41) is 12.7. The van der Waals surface area contributed by atoms with Crippen molar-refractivity contribution in [3.63, 3.8) is 0 Å². The van der Waals surface area contributed by atoms with Crippen molar-refractivity contribution in [1.82, 2.24) is 5.32 Å². The van der Waals surface area contributed by atoms with Crippen LogP contribution in [-0.2, 0) is 6.54 Å². The van der Waals surface area contributed by atoms with Gasteiger partial charge in [0.25, 0.3) is 5.91 Å². The van der Waals surface area contributed by atoms with Crippen LogP contribution in [0, 0.1) is 3.57 Å². The Morgan fingerprint density at radius 1 is 1.62 bits per heavy atom. The number of amides is 1. The highest BCUT2D eigenvalue weighted by Gasteiger charge is 2.23. The number of aliphatic hydroxyl groups is 1. The third-order valence-electron chi connectivity index (χ3n) is 2.64. The van der Waals surface area contributed by atoms with Crippen molar-refractivity contribution in [3.05, 3.63) is 44.5 Å². The number of rotatable bonds is 2. The molecule has 0 bridgehead atoms. The molecule has 1 heterocycles. The zero-order valence-corrected chi connectivity index (χ0v) is 11.0. The summed E-state index contributed by atoms with van der Waals surface area (Å²) < 4.78 is 0.875. The quantitative estimate of drug-likeness (QED) is 0.645. The number of halogens is 1. The third-order valence-corrected chi connectivity index (χ3v) is 3.49. The fourth-order valence-electron chi connectivity index (χ4n) is 1.79. The summed E-state index contributed by atoms with van der Waals surface area (Å²) in [4.78, 5) is 11.5. The standard InChI is InChI=1S/C12H12INO2/c1-6(2)11(15)7-3-8-5-14-12(16)10(8)9(13)4-7/h3-4,11,15H,1,5H2,2H3,(H,14,16)/t11-/m0/s1. The lowest BCUT2D eigenvalue weighted by atomic mass is 9.99. The van der Waals surface area contributed by atoms with Crippen molar-refractivity contribution in [2.75, 3.05) is 0 Å². The lowest BCUT2D eigenvalue weighted by Gasteiger charge is -2.12. The molecule has 2 rings (SSSR count). The first-order chi connectivity index (χ1) is 7.50. The molecular weight excluding hydrogens is 317 g/mol. The van der Waals surface area contributed by atoms with Crippen LogP contribution in [0.2, 0.25) is 0 Å². The number of benzene rings is 1. The van der Waals surface area contributed by atoms with Gasteiger partial charge in [-0.1, -0.05) is 12.6 Å². The predicted molar refractivity (Wildman–Crippen MR) is 70.1 cm³/mol. The van der Waals surface area contributed by atoms with Crippen LogP contribution < -0.4 is 5.32 Å². The minimum atomic E-state index is -0.658. The summed E-state index contributed by atoms with van der Waals surface area (Å²) in [5.41, 5.74) is 3.19. The fraction of sp³-hybridized carbons (Fsp3) is 0.250. The van der Waals surface area contributed by atoms with Crippen LogP contribution in [0.1, 0.15) is 34.5 Å². The van der Waals surface area contributed by atoms with Crippen molar-refractivity contribution in [2.45, 2.75) is 19.6 Å². The molecule has 4 heteroatoms. The molecule has 1 amide bonds. The zero-order valence-electron chi connectivity index (χ0n) is 8.88. The zero-order chi connectivity index (χ0) is 11.9. The van der Waals surface area contributed by atoms with Gasteiger partial charge in [0.2, 0.25) is 0 Å². The van der Waals surface area contributed by atoms with Crippen LogP contribution in [0.3, 0.4) is 0 Å². The summed E-state index contributed by atoms with van der Waals surface area (Å²) in [6, 6.07) is 3.71. The second-order valence-corrected chi connectivity index (χ2v) is 5.13. The SMILES string of the molecule is C=C(C)[C@H](O)c1cc(I)c2c(c1)CNC2=O. The van der Waals surface area contributed by atoms with Gasteiger partial charge in [0.05, 0.1) is 11.7 Å². The molecule has 0 fully saturated rings. The van der Waals surface area contributed by atoms with Gasteiger partial charge in [0.15, 0.2) is 0 Å². The first-order valence-corrected chi connectivity index (χ1v) is 6.02. The minimum Gasteiger partial charge on any atom is -0.384 e. The molecule has 3 nitrogen and oxygen atoms in total. The smallest absolute Gasteiger partial charge is 0.252 e. The van der Waals surface area contributed by atoms with Gasteiger partial charge in [-0.25, -0.2) is 0 Å². The second kappa shape index (κ2) is 4.18. The number of nitrogens with one attached hydrogen (secondary N) is 1. The van der Waals surface area contributed by atoms with E-state index >= 15 is 0 Å². The van der Waals surface area contributed by atoms with Crippen LogP contribution in [0.5, 0.6) is 0 Å². The predicted octanol–water partition coefficient (Wildman–Crippen LogP) is 2.14. The van der Waals surface area contributed by atoms with Gasteiger partial charge in [-0.2, -0.15) is 0 Å². The van der Waals surface area contributed by atoms with Crippen molar-refractivity contribution in [3.8, 4) is 0 Å². The molecule has 1 aliphatic rings. The van der Waals surface area contributed by atoms with E-state index in [1.165, 1.54) is 0 Å². The molecule has 2 N–H and O–H groups in total. The molecule has 84 valence electrons. The molecule has 1 aromatic rings. The lowest BCUT2D eigenvalue weighted by molar-refractivity contribution is 0.0965. The second-order valence-electron chi connectivity index (χ2n) is 3.97. The van der Waals surface area contributed by atoms with Gasteiger partial charge in [0, 0.05) is 10.1 Å². The largest absolute Gasteiger partial charge is 0.384 e. The van der Waals surface area contributed by atoms with E-state index in [9.17, 15) is 9.90 Å². The minimum absolute atomic E-state index is 0.0317. The van der Waals surface area contributed by atoms with Gasteiger partial charge in [-0.05, 0) is 52.3 Å². The topological polar surface area (TPSA) is 49.3 Å². The summed E-state index contributed by atoms with van der Waals surface area (Å²) >= 11 is 2.12. The van der Waals surface area contributed by atoms with Crippen LogP contribution in [0.15, 0.2) is 24.3 Å². The van der Waals surface area contributed by atoms with Gasteiger partial charge in [-0.15, -0.1) is 0 Å². The summed E-state index contributed by atoms with van der Waals surface area (Å²) in [5.74, 6) is -0.0317. The van der Waals surface area contributed by atoms with Gasteiger partial charge >= 0.3 is 0 Å². The molecule has 0 unspecified atom stereocenters. The Kier molecular flexibility index (Phi) is 3.03. The van der Waals surface area contributed by atoms with Crippen LogP contribution in [-0.4, -0.2) is 11.0 Å². The van der Waals surface area contributed by atoms with E-state index in [0.717, 1.165) is 20.3 Å². The van der Waals surface area contributed by atoms with E-state index < -0.39 is 6.10 Å². The Bertz CT molecular complexity index is 482. The maximum absolute atomic E-state index is 11.5. The van der Waals surface area contributed by atoms with E-state index in [1.54, 1.807) is 6.92 Å². The van der Waals surface area contributed by atoms with Crippen molar-refractivity contribution >= 4 is 28.5 Å². The highest BCUT2D eigenvalue weighted by molar-refractivity contribution is 14.1. The summed E-state index contributed by atoms with van der Waals surface area (Å²) in [6.45, 7) is 6.06. The number of aliphatic hydroxyl groups excluding tert-OH is 1. The highest BCUT2D eigenvalue weighted by atomic mass is 127. The van der Waals surface area contributed by atoms with Crippen molar-refractivity contribution in [1.29, 1.82) is 0 Å². The maximum atomic E-state index is 11.5. The first-order valence-electron chi connectivity index (χ1n) is 4.94. The van der Waals surface area contributed by atoms with E-state index in [4.69, 9.17) is 0 Å². The maximum Gasteiger partial charge on any atom is 0.252 e. The number of carbonyl (C=O) groups is 1. The normalized spacial score (nSPS) is 15.6. The molecule has 0 saturated carbocycles. The highest BCUT2D eigenvalue weighted by Crippen LogP contribution is 2.28. The third kappa shape index (κ3) is 1.87. The monoisotopic (exact) mass is 329 g/mol. The number of carbonyl (C=O) groups excluding carboxylic acids is 1. The molecule has 0 saturated heterocycles. The molecule has 16 heavy (non-hydrogen) atoms. The van der Waals surface area contributed by atoms with Crippen LogP contribution in [0.25, 0.3) is 0 Å². The number of hydrogen-bond acceptors (Lipinski definition) is 2. The molecule has 0 radical (unpaired) electrons. The van der Waals surface area contributed by atoms with Crippen molar-refractivity contribution in [2.24, 2.45) is 0 Å². The van der Waals surface area contributed by atoms with Crippen LogP contribution in [0.4, 0.5) is 0 Å². The van der Waals surface area contributed by atoms with E-state index in [-0.39, 0.29) is 5.91 Å². The van der Waals surface area contributed by atoms with E-state index in [1.807, 2.05) is 12.1 Å². The van der Waals surface area contributed by atoms with Crippen LogP contribution >= 0.6 is 22.6 Å². The molecule has 1 atom stereocenters. The van der Waals surface area contributed by atoms with Crippen molar-refractivity contribution < 1.29 is 9.90 Å². The molecule has 0 aliphatic carbocycles. The van der Waals surface area contributed by atoms with E-state index in [0.29, 0.717) is 12.1 Å². The van der Waals surface area contributed by atoms with E-state index in [2.05, 4.69) is 34.5 Å². The van der Waals surface area contributed by atoms with Gasteiger partial charge in [0.1, 0.15) is 0 Å². The number of fused-ring (bicyclic) bond motifs is 1. The Labute approximate surface area is 108 Å². The Balaban J connectivity index is 2.50. The van der Waals surface area contributed by atoms with Gasteiger partial charge in [-0.3, -0.25) is 4.79 Å².